The van der Waals surface area contributed by atoms with E-state index in [0.717, 1.165) is 22.5 Å². The van der Waals surface area contributed by atoms with Crippen molar-refractivity contribution in [3.8, 4) is 11.5 Å². The van der Waals surface area contributed by atoms with Crippen LogP contribution in [0.4, 0.5) is 5.69 Å². The van der Waals surface area contributed by atoms with Crippen LogP contribution in [-0.4, -0.2) is 46.5 Å². The molecule has 0 spiro atoms. The van der Waals surface area contributed by atoms with Gasteiger partial charge in [-0.25, -0.2) is 27.9 Å². The average molecular weight is 427 g/mol. The summed E-state index contributed by atoms with van der Waals surface area (Å²) in [5, 5.41) is 0.883. The summed E-state index contributed by atoms with van der Waals surface area (Å²) < 4.78 is 11.8. The van der Waals surface area contributed by atoms with Crippen LogP contribution in [0.1, 0.15) is 13.8 Å². The van der Waals surface area contributed by atoms with Crippen LogP contribution in [0.3, 0.4) is 0 Å². The van der Waals surface area contributed by atoms with Gasteiger partial charge in [0.15, 0.2) is 6.34 Å². The standard InChI is InChI=1S/C25H26N6O/c1-25(2)23-13-5-6-14-24(23)30(17-28(25)3)19-9-7-11-21(15-19)32-22-12-8-10-20(16-22)31-18-29(4)26-27-31/h5-18H,1-4H3/q-2. The van der Waals surface area contributed by atoms with Crippen LogP contribution < -0.4 is 14.8 Å². The summed E-state index contributed by atoms with van der Waals surface area (Å²) in [6.07, 6.45) is 12.5. The minimum absolute atomic E-state index is 0.0837. The van der Waals surface area contributed by atoms with Crippen molar-refractivity contribution >= 4 is 18.4 Å². The topological polar surface area (TPSA) is 49.7 Å². The Morgan fingerprint density at radius 3 is 2.84 bits per heavy atom. The number of benzene rings is 2. The lowest BCUT2D eigenvalue weighted by Crippen LogP contribution is -2.50. The molecule has 0 radical (unpaired) electrons. The van der Waals surface area contributed by atoms with Crippen molar-refractivity contribution in [3.05, 3.63) is 101 Å². The van der Waals surface area contributed by atoms with Crippen LogP contribution in [0.25, 0.3) is 11.1 Å². The molecule has 0 atom stereocenters. The molecular weight excluding hydrogens is 400 g/mol. The monoisotopic (exact) mass is 426 g/mol. The fourth-order valence-electron chi connectivity index (χ4n) is 3.93. The van der Waals surface area contributed by atoms with E-state index < -0.39 is 0 Å². The Kier molecular flexibility index (Phi) is 4.74. The third-order valence-electron chi connectivity index (χ3n) is 5.96. The van der Waals surface area contributed by atoms with Crippen LogP contribution >= 0.6 is 0 Å². The molecule has 0 fully saturated rings. The van der Waals surface area contributed by atoms with Gasteiger partial charge in [-0.3, -0.25) is 0 Å². The van der Waals surface area contributed by atoms with E-state index in [1.54, 1.807) is 15.7 Å². The highest BCUT2D eigenvalue weighted by Crippen LogP contribution is 2.40. The predicted octanol–water partition coefficient (Wildman–Crippen LogP) is 3.78. The van der Waals surface area contributed by atoms with Crippen LogP contribution in [-0.2, 0) is 0 Å². The summed E-state index contributed by atoms with van der Waals surface area (Å²) in [7, 11) is 3.95. The van der Waals surface area contributed by atoms with Gasteiger partial charge in [-0.2, -0.15) is 12.1 Å². The molecule has 32 heavy (non-hydrogen) atoms. The number of allylic oxidation sites excluding steroid dienone is 2. The van der Waals surface area contributed by atoms with Gasteiger partial charge in [0.2, 0.25) is 0 Å². The fraction of sp³-hybridized carbons (Fsp3) is 0.200. The Hall–Kier alpha value is -4.00. The van der Waals surface area contributed by atoms with Gasteiger partial charge in [-0.15, -0.1) is 11.6 Å². The molecule has 0 N–H and O–H groups in total. The molecule has 7 heteroatoms. The minimum atomic E-state index is -0.0837. The van der Waals surface area contributed by atoms with Crippen molar-refractivity contribution in [1.82, 2.24) is 9.58 Å². The highest BCUT2D eigenvalue weighted by molar-refractivity contribution is 5.62. The maximum Gasteiger partial charge on any atom is 0.388 e. The highest BCUT2D eigenvalue weighted by atomic mass is 16.5. The molecule has 5 rings (SSSR count). The van der Waals surface area contributed by atoms with Gasteiger partial charge < -0.3 is 25.3 Å². The molecule has 0 bridgehead atoms. The van der Waals surface area contributed by atoms with Crippen molar-refractivity contribution in [2.45, 2.75) is 19.4 Å². The maximum absolute atomic E-state index is 6.21. The second kappa shape index (κ2) is 7.60. The lowest BCUT2D eigenvalue weighted by atomic mass is 9.82. The smallest absolute Gasteiger partial charge is 0.388 e. The number of ether oxygens (including phenoxy) is 1. The van der Waals surface area contributed by atoms with Crippen LogP contribution in [0, 0.1) is 12.5 Å². The zero-order valence-electron chi connectivity index (χ0n) is 18.7. The van der Waals surface area contributed by atoms with E-state index in [0.29, 0.717) is 0 Å². The largest absolute Gasteiger partial charge is 0.495 e. The summed E-state index contributed by atoms with van der Waals surface area (Å²) in [6.45, 7) is 4.47. The quantitative estimate of drug-likeness (QED) is 0.554. The second-order valence-electron chi connectivity index (χ2n) is 8.48. The zero-order valence-corrected chi connectivity index (χ0v) is 18.7. The summed E-state index contributed by atoms with van der Waals surface area (Å²) in [5.41, 5.74) is 10.3. The van der Waals surface area contributed by atoms with E-state index >= 15 is 0 Å². The average Bonchev–Trinajstić information content (AvgIpc) is 3.23. The molecular formula is C25H26N6O-2. The van der Waals surface area contributed by atoms with Gasteiger partial charge in [0.25, 0.3) is 0 Å². The van der Waals surface area contributed by atoms with Crippen molar-refractivity contribution in [3.63, 3.8) is 0 Å². The van der Waals surface area contributed by atoms with Crippen molar-refractivity contribution in [2.24, 2.45) is 0 Å². The Bertz CT molecular complexity index is 1250. The summed E-state index contributed by atoms with van der Waals surface area (Å²) in [4.78, 5) is 2.24. The first-order chi connectivity index (χ1) is 15.4. The van der Waals surface area contributed by atoms with Gasteiger partial charge in [-0.1, -0.05) is 18.2 Å². The molecule has 2 heterocycles. The van der Waals surface area contributed by atoms with E-state index in [-0.39, 0.29) is 5.54 Å². The van der Waals surface area contributed by atoms with Gasteiger partial charge >= 0.3 is 6.34 Å². The number of rotatable bonds is 3. The SMILES string of the molecule is CN1C=[N+](c2cccc(Oc3cc(=[N+]4C=[N+](C)[N-][N-]4)cc[cH-]3)c2)[C-]2C=C[CH-]C=C2C1(C)C. The molecule has 2 aliphatic heterocycles. The Balaban J connectivity index is 1.47. The van der Waals surface area contributed by atoms with Gasteiger partial charge in [0, 0.05) is 5.75 Å². The molecule has 0 amide bonds. The number of hydrogen-bond donors (Lipinski definition) is 0. The molecule has 2 aromatic rings. The van der Waals surface area contributed by atoms with Gasteiger partial charge in [-0.05, 0) is 38.1 Å². The fourth-order valence-corrected chi connectivity index (χ4v) is 3.93. The number of likely N-dealkylation sites (N-methyl/N-ethyl adjacent to an activating group) is 1. The third-order valence-corrected chi connectivity index (χ3v) is 5.96. The molecule has 164 valence electrons. The van der Waals surface area contributed by atoms with Crippen molar-refractivity contribution in [2.75, 3.05) is 14.1 Å². The minimum Gasteiger partial charge on any atom is -0.495 e. The number of fused-ring (bicyclic) bond motifs is 1. The lowest BCUT2D eigenvalue weighted by Gasteiger charge is -2.49. The van der Waals surface area contributed by atoms with E-state index in [9.17, 15) is 0 Å². The first-order valence-corrected chi connectivity index (χ1v) is 10.5. The maximum atomic E-state index is 6.21. The van der Waals surface area contributed by atoms with Gasteiger partial charge in [0.05, 0.1) is 18.3 Å². The first kappa shape index (κ1) is 19.9. The van der Waals surface area contributed by atoms with Crippen LogP contribution in [0.2, 0.25) is 0 Å². The zero-order chi connectivity index (χ0) is 22.3. The lowest BCUT2D eigenvalue weighted by molar-refractivity contribution is -0.430. The molecule has 2 aromatic carbocycles. The van der Waals surface area contributed by atoms with E-state index in [4.69, 9.17) is 4.74 Å². The van der Waals surface area contributed by atoms with Gasteiger partial charge in [0.1, 0.15) is 18.2 Å². The third kappa shape index (κ3) is 3.51. The first-order valence-electron chi connectivity index (χ1n) is 10.5. The Morgan fingerprint density at radius 1 is 1.16 bits per heavy atom. The molecule has 0 aromatic heterocycles. The predicted molar refractivity (Wildman–Crippen MR) is 125 cm³/mol. The Morgan fingerprint density at radius 2 is 2.03 bits per heavy atom. The molecule has 0 saturated carbocycles. The Labute approximate surface area is 188 Å². The molecule has 3 aliphatic rings. The van der Waals surface area contributed by atoms with E-state index in [2.05, 4.69) is 84.6 Å². The number of nitrogens with zero attached hydrogens (tertiary/aromatic N) is 6. The van der Waals surface area contributed by atoms with E-state index in [1.807, 2.05) is 43.4 Å². The summed E-state index contributed by atoms with van der Waals surface area (Å²) >= 11 is 0. The van der Waals surface area contributed by atoms with E-state index in [1.165, 1.54) is 11.6 Å². The molecule has 0 unspecified atom stereocenters. The molecule has 1 aliphatic carbocycles. The summed E-state index contributed by atoms with van der Waals surface area (Å²) in [5.74, 6) is 1.50. The highest BCUT2D eigenvalue weighted by Gasteiger charge is 2.34. The van der Waals surface area contributed by atoms with Crippen molar-refractivity contribution < 1.29 is 14.0 Å². The van der Waals surface area contributed by atoms with Crippen LogP contribution in [0.5, 0.6) is 11.5 Å². The summed E-state index contributed by atoms with van der Waals surface area (Å²) in [6, 6.07) is 17.1. The molecule has 7 nitrogen and oxygen atoms in total. The normalized spacial score (nSPS) is 20.3. The molecule has 0 saturated heterocycles. The second-order valence-corrected chi connectivity index (χ2v) is 8.48. The number of hydrogen-bond acceptors (Lipinski definition) is 2. The van der Waals surface area contributed by atoms with Crippen LogP contribution in [0.15, 0.2) is 72.3 Å². The van der Waals surface area contributed by atoms with Crippen molar-refractivity contribution in [1.29, 1.82) is 0 Å².